The zero-order chi connectivity index (χ0) is 14.7. The molecule has 2 aromatic rings. The summed E-state index contributed by atoms with van der Waals surface area (Å²) in [7, 11) is 0. The van der Waals surface area contributed by atoms with Gasteiger partial charge in [0.25, 0.3) is 5.69 Å². The van der Waals surface area contributed by atoms with Crippen LogP contribution in [0.25, 0.3) is 0 Å². The molecule has 1 aromatic heterocycles. The molecular weight excluding hydrogens is 266 g/mol. The van der Waals surface area contributed by atoms with Crippen LogP contribution in [0.3, 0.4) is 0 Å². The molecule has 0 saturated carbocycles. The number of aromatic carboxylic acids is 1. The number of rotatable bonds is 5. The van der Waals surface area contributed by atoms with Crippen molar-refractivity contribution in [3.05, 3.63) is 51.3 Å². The quantitative estimate of drug-likeness (QED) is 0.636. The second-order valence-electron chi connectivity index (χ2n) is 4.02. The largest absolute Gasteiger partial charge is 0.487 e. The normalized spacial score (nSPS) is 10.2. The molecule has 0 radical (unpaired) electrons. The third-order valence-electron chi connectivity index (χ3n) is 2.66. The zero-order valence-corrected chi connectivity index (χ0v) is 10.5. The third-order valence-corrected chi connectivity index (χ3v) is 2.66. The van der Waals surface area contributed by atoms with E-state index in [-0.39, 0.29) is 23.6 Å². The first-order chi connectivity index (χ1) is 9.49. The lowest BCUT2D eigenvalue weighted by Crippen LogP contribution is -2.05. The molecule has 0 aliphatic carbocycles. The predicted molar refractivity (Wildman–Crippen MR) is 67.7 cm³/mol. The van der Waals surface area contributed by atoms with E-state index in [1.807, 2.05) is 0 Å². The minimum atomic E-state index is -1.08. The molecule has 0 bridgehead atoms. The summed E-state index contributed by atoms with van der Waals surface area (Å²) in [4.78, 5) is 21.0. The van der Waals surface area contributed by atoms with E-state index in [1.54, 1.807) is 6.92 Å². The second kappa shape index (κ2) is 5.39. The van der Waals surface area contributed by atoms with Crippen molar-refractivity contribution in [2.24, 2.45) is 0 Å². The Bertz CT molecular complexity index is 648. The lowest BCUT2D eigenvalue weighted by Gasteiger charge is -2.04. The summed E-state index contributed by atoms with van der Waals surface area (Å²) in [5.74, 6) is -0.689. The number of nitrogens with one attached hydrogen (secondary N) is 1. The first-order valence-electron chi connectivity index (χ1n) is 5.63. The Morgan fingerprint density at radius 1 is 1.45 bits per heavy atom. The Morgan fingerprint density at radius 3 is 2.65 bits per heavy atom. The topological polar surface area (TPSA) is 118 Å². The van der Waals surface area contributed by atoms with E-state index in [9.17, 15) is 14.9 Å². The maximum absolute atomic E-state index is 11.0. The number of carboxylic acid groups (broad SMARTS) is 1. The van der Waals surface area contributed by atoms with Gasteiger partial charge in [0.15, 0.2) is 0 Å². The molecule has 8 nitrogen and oxygen atoms in total. The maximum Gasteiger partial charge on any atom is 0.339 e. The van der Waals surface area contributed by atoms with Gasteiger partial charge >= 0.3 is 5.97 Å². The summed E-state index contributed by atoms with van der Waals surface area (Å²) >= 11 is 0. The van der Waals surface area contributed by atoms with E-state index >= 15 is 0 Å². The molecular formula is C12H11N3O5. The number of ether oxygens (including phenoxy) is 1. The zero-order valence-electron chi connectivity index (χ0n) is 10.5. The number of aromatic nitrogens is 2. The Morgan fingerprint density at radius 2 is 2.10 bits per heavy atom. The number of hydrogen-bond acceptors (Lipinski definition) is 5. The number of nitrogens with zero attached hydrogens (tertiary/aromatic N) is 2. The van der Waals surface area contributed by atoms with Crippen LogP contribution in [-0.2, 0) is 6.61 Å². The molecule has 0 aliphatic rings. The number of carbonyl (C=O) groups is 1. The molecule has 0 aliphatic heterocycles. The fourth-order valence-corrected chi connectivity index (χ4v) is 1.68. The molecule has 0 spiro atoms. The van der Waals surface area contributed by atoms with Gasteiger partial charge in [-0.3, -0.25) is 15.2 Å². The van der Waals surface area contributed by atoms with Gasteiger partial charge < -0.3 is 9.84 Å². The Kier molecular flexibility index (Phi) is 3.65. The van der Waals surface area contributed by atoms with Gasteiger partial charge in [-0.1, -0.05) is 0 Å². The molecule has 20 heavy (non-hydrogen) atoms. The fourth-order valence-electron chi connectivity index (χ4n) is 1.68. The minimum Gasteiger partial charge on any atom is -0.487 e. The van der Waals surface area contributed by atoms with Gasteiger partial charge in [-0.05, 0) is 19.1 Å². The summed E-state index contributed by atoms with van der Waals surface area (Å²) in [5, 5.41) is 26.0. The van der Waals surface area contributed by atoms with Crippen molar-refractivity contribution in [2.45, 2.75) is 13.5 Å². The SMILES string of the molecule is Cc1[nH]nc(COc2ccc([N+](=O)[O-])cc2)c1C(=O)O. The van der Waals surface area contributed by atoms with Gasteiger partial charge in [0.05, 0.1) is 4.92 Å². The van der Waals surface area contributed by atoms with Crippen molar-refractivity contribution in [1.29, 1.82) is 0 Å². The molecule has 2 N–H and O–H groups in total. The number of nitro benzene ring substituents is 1. The first kappa shape index (κ1) is 13.5. The summed E-state index contributed by atoms with van der Waals surface area (Å²) in [6.45, 7) is 1.57. The van der Waals surface area contributed by atoms with Crippen molar-refractivity contribution in [3.63, 3.8) is 0 Å². The second-order valence-corrected chi connectivity index (χ2v) is 4.02. The number of aromatic amines is 1. The van der Waals surface area contributed by atoms with E-state index in [2.05, 4.69) is 10.2 Å². The van der Waals surface area contributed by atoms with Crippen LogP contribution in [0, 0.1) is 17.0 Å². The average Bonchev–Trinajstić information content (AvgIpc) is 2.78. The van der Waals surface area contributed by atoms with E-state index in [0.29, 0.717) is 11.4 Å². The monoisotopic (exact) mass is 277 g/mol. The summed E-state index contributed by atoms with van der Waals surface area (Å²) < 4.78 is 5.36. The first-order valence-corrected chi connectivity index (χ1v) is 5.63. The van der Waals surface area contributed by atoms with Crippen molar-refractivity contribution in [2.75, 3.05) is 0 Å². The number of H-pyrrole nitrogens is 1. The molecule has 0 atom stereocenters. The number of hydrogen-bond donors (Lipinski definition) is 2. The van der Waals surface area contributed by atoms with Crippen LogP contribution < -0.4 is 4.74 Å². The highest BCUT2D eigenvalue weighted by Gasteiger charge is 2.17. The van der Waals surface area contributed by atoms with Crippen LogP contribution in [0.15, 0.2) is 24.3 Å². The van der Waals surface area contributed by atoms with E-state index in [1.165, 1.54) is 24.3 Å². The van der Waals surface area contributed by atoms with Crippen molar-refractivity contribution in [1.82, 2.24) is 10.2 Å². The van der Waals surface area contributed by atoms with E-state index in [4.69, 9.17) is 9.84 Å². The Labute approximate surface area is 113 Å². The van der Waals surface area contributed by atoms with Crippen molar-refractivity contribution in [3.8, 4) is 5.75 Å². The van der Waals surface area contributed by atoms with Gasteiger partial charge in [-0.15, -0.1) is 0 Å². The lowest BCUT2D eigenvalue weighted by molar-refractivity contribution is -0.384. The molecule has 8 heteroatoms. The molecule has 0 fully saturated rings. The molecule has 0 unspecified atom stereocenters. The predicted octanol–water partition coefficient (Wildman–Crippen LogP) is 1.90. The standard InChI is InChI=1S/C12H11N3O5/c1-7-11(12(16)17)10(14-13-7)6-20-9-4-2-8(3-5-9)15(18)19/h2-5H,6H2,1H3,(H,13,14)(H,16,17). The van der Waals surface area contributed by atoms with Gasteiger partial charge in [0.1, 0.15) is 23.6 Å². The Hall–Kier alpha value is -2.90. The molecule has 0 saturated heterocycles. The van der Waals surface area contributed by atoms with Gasteiger partial charge in [0, 0.05) is 17.8 Å². The highest BCUT2D eigenvalue weighted by Crippen LogP contribution is 2.19. The highest BCUT2D eigenvalue weighted by molar-refractivity contribution is 5.90. The van der Waals surface area contributed by atoms with E-state index < -0.39 is 10.9 Å². The van der Waals surface area contributed by atoms with Crippen LogP contribution in [0.2, 0.25) is 0 Å². The van der Waals surface area contributed by atoms with Gasteiger partial charge in [-0.2, -0.15) is 5.10 Å². The molecule has 1 aromatic carbocycles. The molecule has 1 heterocycles. The number of carboxylic acids is 1. The van der Waals surface area contributed by atoms with Crippen molar-refractivity contribution < 1.29 is 19.6 Å². The summed E-state index contributed by atoms with van der Waals surface area (Å²) in [6, 6.07) is 5.50. The molecule has 0 amide bonds. The van der Waals surface area contributed by atoms with Crippen LogP contribution in [0.1, 0.15) is 21.7 Å². The fraction of sp³-hybridized carbons (Fsp3) is 0.167. The van der Waals surface area contributed by atoms with Crippen LogP contribution in [-0.4, -0.2) is 26.2 Å². The highest BCUT2D eigenvalue weighted by atomic mass is 16.6. The van der Waals surface area contributed by atoms with Crippen LogP contribution in [0.5, 0.6) is 5.75 Å². The van der Waals surface area contributed by atoms with E-state index in [0.717, 1.165) is 0 Å². The van der Waals surface area contributed by atoms with Gasteiger partial charge in [0.2, 0.25) is 0 Å². The van der Waals surface area contributed by atoms with Gasteiger partial charge in [-0.25, -0.2) is 4.79 Å². The number of nitro groups is 1. The summed E-state index contributed by atoms with van der Waals surface area (Å²) in [6.07, 6.45) is 0. The third kappa shape index (κ3) is 2.74. The lowest BCUT2D eigenvalue weighted by atomic mass is 10.2. The molecule has 2 rings (SSSR count). The number of aryl methyl sites for hydroxylation is 1. The maximum atomic E-state index is 11.0. The van der Waals surface area contributed by atoms with Crippen molar-refractivity contribution >= 4 is 11.7 Å². The smallest absolute Gasteiger partial charge is 0.339 e. The average molecular weight is 277 g/mol. The minimum absolute atomic E-state index is 0.0379. The molecule has 104 valence electrons. The number of benzene rings is 1. The Balaban J connectivity index is 2.09. The summed E-state index contributed by atoms with van der Waals surface area (Å²) in [5.41, 5.74) is 0.749. The number of non-ortho nitro benzene ring substituents is 1. The van der Waals surface area contributed by atoms with Crippen LogP contribution in [0.4, 0.5) is 5.69 Å². The van der Waals surface area contributed by atoms with Crippen LogP contribution >= 0.6 is 0 Å².